The van der Waals surface area contributed by atoms with Gasteiger partial charge >= 0.3 is 11.9 Å². The monoisotopic (exact) mass is 311 g/mol. The molecule has 3 N–H and O–H groups in total. The van der Waals surface area contributed by atoms with Gasteiger partial charge in [0, 0.05) is 22.6 Å². The van der Waals surface area contributed by atoms with Gasteiger partial charge in [0.15, 0.2) is 0 Å². The Balaban J connectivity index is 2.17. The maximum absolute atomic E-state index is 11.2. The molecular weight excluding hydrogens is 294 g/mol. The quantitative estimate of drug-likeness (QED) is 0.729. The number of rotatable bonds is 6. The minimum Gasteiger partial charge on any atom is -0.496 e. The van der Waals surface area contributed by atoms with Gasteiger partial charge in [-0.25, -0.2) is 0 Å². The molecule has 114 valence electrons. The second-order valence-electron chi connectivity index (χ2n) is 4.79. The smallest absolute Gasteiger partial charge is 0.321 e. The second kappa shape index (κ2) is 6.82. The van der Waals surface area contributed by atoms with Crippen LogP contribution in [0.4, 0.5) is 0 Å². The largest absolute Gasteiger partial charge is 0.496 e. The van der Waals surface area contributed by atoms with Crippen LogP contribution in [0.3, 0.4) is 0 Å². The number of carboxylic acid groups (broad SMARTS) is 2. The number of benzene rings is 1. The van der Waals surface area contributed by atoms with Crippen LogP contribution in [0.1, 0.15) is 6.42 Å². The first-order valence-corrected chi connectivity index (χ1v) is 7.38. The molecule has 1 saturated heterocycles. The molecule has 0 aliphatic carbocycles. The molecule has 2 rings (SSSR count). The molecule has 7 heteroatoms. The number of hydrogen-bond donors (Lipinski definition) is 3. The van der Waals surface area contributed by atoms with Gasteiger partial charge in [0.1, 0.15) is 11.8 Å². The molecule has 0 aromatic heterocycles. The van der Waals surface area contributed by atoms with Crippen molar-refractivity contribution in [3.8, 4) is 5.75 Å². The van der Waals surface area contributed by atoms with Crippen molar-refractivity contribution in [2.45, 2.75) is 22.6 Å². The summed E-state index contributed by atoms with van der Waals surface area (Å²) < 4.78 is 5.27. The molecule has 3 atom stereocenters. The average molecular weight is 311 g/mol. The predicted molar refractivity (Wildman–Crippen MR) is 77.8 cm³/mol. The third-order valence-corrected chi connectivity index (χ3v) is 4.88. The normalized spacial score (nSPS) is 24.7. The number of carbonyl (C=O) groups is 2. The molecular formula is C14H17NO5S. The van der Waals surface area contributed by atoms with Gasteiger partial charge in [0.25, 0.3) is 0 Å². The van der Waals surface area contributed by atoms with Gasteiger partial charge < -0.3 is 20.3 Å². The summed E-state index contributed by atoms with van der Waals surface area (Å²) in [6.45, 7) is 0.456. The molecule has 0 saturated carbocycles. The van der Waals surface area contributed by atoms with Crippen molar-refractivity contribution in [2.75, 3.05) is 13.7 Å². The van der Waals surface area contributed by atoms with Crippen LogP contribution < -0.4 is 10.1 Å². The summed E-state index contributed by atoms with van der Waals surface area (Å²) in [6, 6.07) is 6.60. The maximum Gasteiger partial charge on any atom is 0.321 e. The zero-order valence-electron chi connectivity index (χ0n) is 11.5. The van der Waals surface area contributed by atoms with Gasteiger partial charge in [-0.2, -0.15) is 0 Å². The zero-order chi connectivity index (χ0) is 15.4. The van der Waals surface area contributed by atoms with Gasteiger partial charge in [-0.05, 0) is 12.1 Å². The Hall–Kier alpha value is -1.73. The van der Waals surface area contributed by atoms with Crippen LogP contribution in [0.5, 0.6) is 5.75 Å². The first-order valence-electron chi connectivity index (χ1n) is 6.50. The third kappa shape index (κ3) is 3.68. The molecule has 21 heavy (non-hydrogen) atoms. The fraction of sp³-hybridized carbons (Fsp3) is 0.429. The number of aliphatic carboxylic acids is 2. The summed E-state index contributed by atoms with van der Waals surface area (Å²) in [5.74, 6) is -1.75. The van der Waals surface area contributed by atoms with E-state index in [-0.39, 0.29) is 11.7 Å². The molecule has 0 radical (unpaired) electrons. The fourth-order valence-electron chi connectivity index (χ4n) is 2.49. The van der Waals surface area contributed by atoms with E-state index >= 15 is 0 Å². The number of methoxy groups -OCH3 is 1. The van der Waals surface area contributed by atoms with Crippen LogP contribution in [-0.2, 0) is 9.59 Å². The van der Waals surface area contributed by atoms with E-state index in [4.69, 9.17) is 9.84 Å². The van der Waals surface area contributed by atoms with Gasteiger partial charge in [-0.3, -0.25) is 9.59 Å². The third-order valence-electron chi connectivity index (χ3n) is 3.47. The minimum absolute atomic E-state index is 0.126. The van der Waals surface area contributed by atoms with E-state index in [2.05, 4.69) is 5.32 Å². The van der Waals surface area contributed by atoms with Gasteiger partial charge in [0.2, 0.25) is 0 Å². The predicted octanol–water partition coefficient (Wildman–Crippen LogP) is 1.30. The Labute approximate surface area is 126 Å². The van der Waals surface area contributed by atoms with Gasteiger partial charge in [-0.1, -0.05) is 12.1 Å². The number of nitrogens with one attached hydrogen (secondary N) is 1. The number of thioether (sulfide) groups is 1. The Kier molecular flexibility index (Phi) is 5.08. The lowest BCUT2D eigenvalue weighted by molar-refractivity contribution is -0.141. The highest BCUT2D eigenvalue weighted by molar-refractivity contribution is 8.00. The molecule has 1 aliphatic heterocycles. The van der Waals surface area contributed by atoms with Crippen molar-refractivity contribution in [3.63, 3.8) is 0 Å². The number of hydrogen-bond acceptors (Lipinski definition) is 5. The summed E-state index contributed by atoms with van der Waals surface area (Å²) in [6.07, 6.45) is -0.170. The number of carboxylic acids is 2. The Bertz CT molecular complexity index is 536. The number of ether oxygens (including phenoxy) is 1. The standard InChI is InChI=1S/C14H17NO5S/c1-20-9-4-2-3-5-10(9)21-11-7-15-13(14(18)19)8(11)6-12(16)17/h2-5,8,11,13,15H,6-7H2,1H3,(H,16,17)(H,18,19)/t8-,11-,13-/m0/s1. The second-order valence-corrected chi connectivity index (χ2v) is 6.07. The van der Waals surface area contributed by atoms with Gasteiger partial charge in [0.05, 0.1) is 13.5 Å². The van der Waals surface area contributed by atoms with Crippen molar-refractivity contribution in [3.05, 3.63) is 24.3 Å². The highest BCUT2D eigenvalue weighted by atomic mass is 32.2. The van der Waals surface area contributed by atoms with Crippen LogP contribution >= 0.6 is 11.8 Å². The molecule has 0 amide bonds. The Morgan fingerprint density at radius 1 is 1.38 bits per heavy atom. The van der Waals surface area contributed by atoms with Crippen molar-refractivity contribution in [1.29, 1.82) is 0 Å². The minimum atomic E-state index is -1.01. The van der Waals surface area contributed by atoms with E-state index in [0.29, 0.717) is 12.3 Å². The molecule has 1 heterocycles. The van der Waals surface area contributed by atoms with Crippen LogP contribution in [0.2, 0.25) is 0 Å². The summed E-state index contributed by atoms with van der Waals surface area (Å²) >= 11 is 1.46. The van der Waals surface area contributed by atoms with E-state index in [1.54, 1.807) is 7.11 Å². The SMILES string of the molecule is COc1ccccc1S[C@H]1CN[C@H](C(=O)O)[C@H]1CC(=O)O. The molecule has 1 aliphatic rings. The highest BCUT2D eigenvalue weighted by Gasteiger charge is 2.41. The van der Waals surface area contributed by atoms with Crippen molar-refractivity contribution >= 4 is 23.7 Å². The average Bonchev–Trinajstić information content (AvgIpc) is 2.82. The molecule has 1 fully saturated rings. The van der Waals surface area contributed by atoms with E-state index in [1.165, 1.54) is 11.8 Å². The Morgan fingerprint density at radius 2 is 2.10 bits per heavy atom. The fourth-order valence-corrected chi connectivity index (χ4v) is 3.85. The van der Waals surface area contributed by atoms with Crippen LogP contribution in [-0.4, -0.2) is 47.1 Å². The van der Waals surface area contributed by atoms with Crippen LogP contribution in [0, 0.1) is 5.92 Å². The molecule has 6 nitrogen and oxygen atoms in total. The molecule has 1 aromatic rings. The van der Waals surface area contributed by atoms with Crippen LogP contribution in [0.25, 0.3) is 0 Å². The van der Waals surface area contributed by atoms with Crippen LogP contribution in [0.15, 0.2) is 29.2 Å². The van der Waals surface area contributed by atoms with E-state index in [0.717, 1.165) is 4.90 Å². The molecule has 0 spiro atoms. The summed E-state index contributed by atoms with van der Waals surface area (Å²) in [5.41, 5.74) is 0. The highest BCUT2D eigenvalue weighted by Crippen LogP contribution is 2.38. The van der Waals surface area contributed by atoms with E-state index in [9.17, 15) is 14.7 Å². The first-order chi connectivity index (χ1) is 10.0. The summed E-state index contributed by atoms with van der Waals surface area (Å²) in [5, 5.41) is 21.0. The summed E-state index contributed by atoms with van der Waals surface area (Å²) in [4.78, 5) is 23.1. The lowest BCUT2D eigenvalue weighted by atomic mass is 9.96. The summed E-state index contributed by atoms with van der Waals surface area (Å²) in [7, 11) is 1.57. The topological polar surface area (TPSA) is 95.9 Å². The van der Waals surface area contributed by atoms with E-state index in [1.807, 2.05) is 24.3 Å². The van der Waals surface area contributed by atoms with Gasteiger partial charge in [-0.15, -0.1) is 11.8 Å². The zero-order valence-corrected chi connectivity index (χ0v) is 12.3. The lowest BCUT2D eigenvalue weighted by Crippen LogP contribution is -2.37. The Morgan fingerprint density at radius 3 is 2.71 bits per heavy atom. The molecule has 0 unspecified atom stereocenters. The van der Waals surface area contributed by atoms with E-state index < -0.39 is 23.9 Å². The molecule has 1 aromatic carbocycles. The van der Waals surface area contributed by atoms with Crippen molar-refractivity contribution in [2.24, 2.45) is 5.92 Å². The lowest BCUT2D eigenvalue weighted by Gasteiger charge is -2.20. The number of para-hydroxylation sites is 1. The van der Waals surface area contributed by atoms with Crippen molar-refractivity contribution < 1.29 is 24.5 Å². The maximum atomic E-state index is 11.2. The first kappa shape index (κ1) is 15.7. The van der Waals surface area contributed by atoms with Crippen molar-refractivity contribution in [1.82, 2.24) is 5.32 Å². The molecule has 0 bridgehead atoms.